The first-order valence-electron chi connectivity index (χ1n) is 6.30. The first kappa shape index (κ1) is 16.0. The molecule has 1 amide bonds. The van der Waals surface area contributed by atoms with E-state index in [9.17, 15) is 9.59 Å². The van der Waals surface area contributed by atoms with Crippen molar-refractivity contribution in [2.45, 2.75) is 13.8 Å². The lowest BCUT2D eigenvalue weighted by Crippen LogP contribution is -2.41. The summed E-state index contributed by atoms with van der Waals surface area (Å²) in [5.74, 6) is -1.07. The molecule has 0 atom stereocenters. The van der Waals surface area contributed by atoms with E-state index in [0.29, 0.717) is 25.4 Å². The third-order valence-corrected chi connectivity index (χ3v) is 2.89. The fourth-order valence-corrected chi connectivity index (χ4v) is 1.49. The number of ether oxygens (including phenoxy) is 1. The minimum atomic E-state index is -1.02. The summed E-state index contributed by atoms with van der Waals surface area (Å²) in [5, 5.41) is 12.0. The summed E-state index contributed by atoms with van der Waals surface area (Å²) in [6, 6.07) is 6.45. The van der Waals surface area contributed by atoms with Crippen LogP contribution in [0.2, 0.25) is 0 Å². The summed E-state index contributed by atoms with van der Waals surface area (Å²) in [4.78, 5) is 22.1. The number of hydrogen-bond acceptors (Lipinski definition) is 4. The van der Waals surface area contributed by atoms with E-state index >= 15 is 0 Å². The van der Waals surface area contributed by atoms with Crippen molar-refractivity contribution in [1.29, 1.82) is 0 Å². The van der Waals surface area contributed by atoms with Crippen molar-refractivity contribution < 1.29 is 19.4 Å². The fourth-order valence-electron chi connectivity index (χ4n) is 1.49. The Morgan fingerprint density at radius 3 is 2.60 bits per heavy atom. The van der Waals surface area contributed by atoms with Crippen LogP contribution in [-0.2, 0) is 4.79 Å². The number of amides is 1. The van der Waals surface area contributed by atoms with Gasteiger partial charge in [0.2, 0.25) is 5.91 Å². The van der Waals surface area contributed by atoms with E-state index in [1.807, 2.05) is 0 Å². The molecule has 6 nitrogen and oxygen atoms in total. The Morgan fingerprint density at radius 1 is 1.35 bits per heavy atom. The molecular weight excluding hydrogens is 260 g/mol. The fraction of sp³-hybridized carbons (Fsp3) is 0.429. The van der Waals surface area contributed by atoms with Gasteiger partial charge in [0.1, 0.15) is 17.9 Å². The van der Waals surface area contributed by atoms with E-state index in [2.05, 4.69) is 5.32 Å². The molecule has 0 radical (unpaired) electrons. The number of rotatable bonds is 8. The van der Waals surface area contributed by atoms with Crippen LogP contribution in [0.3, 0.4) is 0 Å². The topological polar surface area (TPSA) is 102 Å². The predicted molar refractivity (Wildman–Crippen MR) is 74.7 cm³/mol. The van der Waals surface area contributed by atoms with Gasteiger partial charge in [-0.3, -0.25) is 4.79 Å². The minimum absolute atomic E-state index is 0.130. The van der Waals surface area contributed by atoms with E-state index in [1.54, 1.807) is 32.0 Å². The summed E-state index contributed by atoms with van der Waals surface area (Å²) in [6.45, 7) is 4.74. The van der Waals surface area contributed by atoms with Crippen LogP contribution in [0, 0.1) is 5.41 Å². The summed E-state index contributed by atoms with van der Waals surface area (Å²) in [6.07, 6.45) is 0. The molecule has 0 spiro atoms. The second kappa shape index (κ2) is 6.91. The highest BCUT2D eigenvalue weighted by molar-refractivity contribution is 5.90. The van der Waals surface area contributed by atoms with E-state index in [-0.39, 0.29) is 11.5 Å². The highest BCUT2D eigenvalue weighted by Crippen LogP contribution is 2.17. The second-order valence-corrected chi connectivity index (χ2v) is 5.07. The van der Waals surface area contributed by atoms with E-state index < -0.39 is 11.4 Å². The standard InChI is InChI=1S/C14H20N2O4/c1-14(2,13(15)19)9-16-7-8-20-11-6-4-3-5-10(11)12(17)18/h3-6,16H,7-9H2,1-2H3,(H2,15,19)(H,17,18). The largest absolute Gasteiger partial charge is 0.491 e. The van der Waals surface area contributed by atoms with Crippen LogP contribution in [0.4, 0.5) is 0 Å². The molecule has 0 heterocycles. The maximum Gasteiger partial charge on any atom is 0.339 e. The SMILES string of the molecule is CC(C)(CNCCOc1ccccc1C(=O)O)C(N)=O. The van der Waals surface area contributed by atoms with Crippen LogP contribution in [0.25, 0.3) is 0 Å². The first-order valence-corrected chi connectivity index (χ1v) is 6.30. The maximum atomic E-state index is 11.1. The van der Waals surface area contributed by atoms with Crippen molar-refractivity contribution in [3.63, 3.8) is 0 Å². The van der Waals surface area contributed by atoms with Crippen LogP contribution in [0.1, 0.15) is 24.2 Å². The number of carbonyl (C=O) groups is 2. The number of nitrogens with two attached hydrogens (primary N) is 1. The number of para-hydroxylation sites is 1. The zero-order chi connectivity index (χ0) is 15.2. The predicted octanol–water partition coefficient (Wildman–Crippen LogP) is 0.865. The van der Waals surface area contributed by atoms with Gasteiger partial charge >= 0.3 is 5.97 Å². The Balaban J connectivity index is 2.39. The zero-order valence-electron chi connectivity index (χ0n) is 11.7. The van der Waals surface area contributed by atoms with Crippen LogP contribution >= 0.6 is 0 Å². The summed E-state index contributed by atoms with van der Waals surface area (Å²) in [5.41, 5.74) is 4.76. The summed E-state index contributed by atoms with van der Waals surface area (Å²) < 4.78 is 5.41. The van der Waals surface area contributed by atoms with Crippen molar-refractivity contribution in [3.05, 3.63) is 29.8 Å². The van der Waals surface area contributed by atoms with Crippen molar-refractivity contribution in [2.24, 2.45) is 11.1 Å². The number of carbonyl (C=O) groups excluding carboxylic acids is 1. The third-order valence-electron chi connectivity index (χ3n) is 2.89. The van der Waals surface area contributed by atoms with Crippen LogP contribution in [0.5, 0.6) is 5.75 Å². The molecule has 1 aromatic carbocycles. The molecule has 0 fully saturated rings. The molecule has 0 aliphatic heterocycles. The van der Waals surface area contributed by atoms with Crippen LogP contribution in [-0.4, -0.2) is 36.7 Å². The Kier molecular flexibility index (Phi) is 5.52. The number of hydrogen-bond donors (Lipinski definition) is 3. The minimum Gasteiger partial charge on any atom is -0.491 e. The Hall–Kier alpha value is -2.08. The monoisotopic (exact) mass is 280 g/mol. The van der Waals surface area contributed by atoms with Crippen molar-refractivity contribution >= 4 is 11.9 Å². The number of nitrogens with one attached hydrogen (secondary N) is 1. The molecule has 0 saturated heterocycles. The average Bonchev–Trinajstić information content (AvgIpc) is 2.38. The van der Waals surface area contributed by atoms with E-state index in [0.717, 1.165) is 0 Å². The number of carboxylic acid groups (broad SMARTS) is 1. The highest BCUT2D eigenvalue weighted by atomic mass is 16.5. The second-order valence-electron chi connectivity index (χ2n) is 5.07. The van der Waals surface area contributed by atoms with Crippen LogP contribution < -0.4 is 15.8 Å². The molecule has 0 bridgehead atoms. The Bertz CT molecular complexity index is 486. The van der Waals surface area contributed by atoms with Crippen molar-refractivity contribution in [3.8, 4) is 5.75 Å². The number of aromatic carboxylic acids is 1. The maximum absolute atomic E-state index is 11.1. The lowest BCUT2D eigenvalue weighted by atomic mass is 9.93. The van der Waals surface area contributed by atoms with Gasteiger partial charge in [0.25, 0.3) is 0 Å². The van der Waals surface area contributed by atoms with Gasteiger partial charge < -0.3 is 20.9 Å². The van der Waals surface area contributed by atoms with Gasteiger partial charge in [-0.15, -0.1) is 0 Å². The third kappa shape index (κ3) is 4.55. The van der Waals surface area contributed by atoms with Gasteiger partial charge in [0.15, 0.2) is 0 Å². The molecule has 0 unspecified atom stereocenters. The van der Waals surface area contributed by atoms with Gasteiger partial charge in [-0.2, -0.15) is 0 Å². The number of benzene rings is 1. The van der Waals surface area contributed by atoms with Crippen molar-refractivity contribution in [1.82, 2.24) is 5.32 Å². The number of carboxylic acids is 1. The van der Waals surface area contributed by atoms with Gasteiger partial charge in [0.05, 0.1) is 5.41 Å². The van der Waals surface area contributed by atoms with Gasteiger partial charge in [-0.25, -0.2) is 4.79 Å². The first-order chi connectivity index (χ1) is 9.34. The summed E-state index contributed by atoms with van der Waals surface area (Å²) >= 11 is 0. The van der Waals surface area contributed by atoms with Gasteiger partial charge in [-0.05, 0) is 26.0 Å². The van der Waals surface area contributed by atoms with E-state index in [1.165, 1.54) is 6.07 Å². The molecular formula is C14H20N2O4. The van der Waals surface area contributed by atoms with Crippen molar-refractivity contribution in [2.75, 3.05) is 19.7 Å². The molecule has 4 N–H and O–H groups in total. The highest BCUT2D eigenvalue weighted by Gasteiger charge is 2.23. The molecule has 0 aromatic heterocycles. The normalized spacial score (nSPS) is 11.1. The molecule has 20 heavy (non-hydrogen) atoms. The Labute approximate surface area is 117 Å². The van der Waals surface area contributed by atoms with Crippen LogP contribution in [0.15, 0.2) is 24.3 Å². The lowest BCUT2D eigenvalue weighted by molar-refractivity contribution is -0.125. The van der Waals surface area contributed by atoms with Gasteiger partial charge in [-0.1, -0.05) is 12.1 Å². The molecule has 0 aliphatic rings. The average molecular weight is 280 g/mol. The lowest BCUT2D eigenvalue weighted by Gasteiger charge is -2.20. The molecule has 1 rings (SSSR count). The number of primary amides is 1. The molecule has 6 heteroatoms. The molecule has 0 saturated carbocycles. The van der Waals surface area contributed by atoms with Gasteiger partial charge in [0, 0.05) is 13.1 Å². The smallest absolute Gasteiger partial charge is 0.339 e. The Morgan fingerprint density at radius 2 is 2.00 bits per heavy atom. The molecule has 0 aliphatic carbocycles. The zero-order valence-corrected chi connectivity index (χ0v) is 11.7. The molecule has 110 valence electrons. The van der Waals surface area contributed by atoms with E-state index in [4.69, 9.17) is 15.6 Å². The summed E-state index contributed by atoms with van der Waals surface area (Å²) in [7, 11) is 0. The molecule has 1 aromatic rings. The quantitative estimate of drug-likeness (QED) is 0.613.